The van der Waals surface area contributed by atoms with E-state index in [4.69, 9.17) is 5.73 Å². The third-order valence-corrected chi connectivity index (χ3v) is 0.934. The first kappa shape index (κ1) is 7.63. The molecule has 0 aromatic rings. The second-order valence-electron chi connectivity index (χ2n) is 2.00. The highest BCUT2D eigenvalue weighted by Gasteiger charge is 1.88. The van der Waals surface area contributed by atoms with Gasteiger partial charge in [0.05, 0.1) is 0 Å². The lowest BCUT2D eigenvalue weighted by Gasteiger charge is -1.97. The van der Waals surface area contributed by atoms with Crippen LogP contribution in [0.1, 0.15) is 19.8 Å². The zero-order valence-corrected chi connectivity index (χ0v) is 5.59. The zero-order chi connectivity index (χ0) is 6.41. The van der Waals surface area contributed by atoms with Crippen molar-refractivity contribution in [1.29, 1.82) is 0 Å². The van der Waals surface area contributed by atoms with Crippen molar-refractivity contribution in [2.24, 2.45) is 10.7 Å². The largest absolute Gasteiger partial charge is 0.328 e. The molecular formula is C6H14N2. The summed E-state index contributed by atoms with van der Waals surface area (Å²) in [5, 5.41) is 0. The molecule has 0 bridgehead atoms. The summed E-state index contributed by atoms with van der Waals surface area (Å²) in [5.41, 5.74) is 5.47. The number of hydrogen-bond donors (Lipinski definition) is 1. The fraction of sp³-hybridized carbons (Fsp3) is 0.833. The topological polar surface area (TPSA) is 38.4 Å². The van der Waals surface area contributed by atoms with Crippen LogP contribution in [0.25, 0.3) is 0 Å². The summed E-state index contributed by atoms with van der Waals surface area (Å²) < 4.78 is 0. The van der Waals surface area contributed by atoms with Crippen molar-refractivity contribution in [2.45, 2.75) is 25.8 Å². The molecule has 2 nitrogen and oxygen atoms in total. The molecule has 0 aromatic carbocycles. The van der Waals surface area contributed by atoms with Crippen molar-refractivity contribution in [3.8, 4) is 0 Å². The van der Waals surface area contributed by atoms with E-state index in [0.29, 0.717) is 6.04 Å². The van der Waals surface area contributed by atoms with E-state index in [0.717, 1.165) is 12.8 Å². The molecule has 48 valence electrons. The minimum atomic E-state index is 0.313. The molecule has 8 heavy (non-hydrogen) atoms. The molecule has 0 radical (unpaired) electrons. The molecule has 0 amide bonds. The van der Waals surface area contributed by atoms with Gasteiger partial charge in [-0.25, -0.2) is 0 Å². The highest BCUT2D eigenvalue weighted by atomic mass is 14.6. The average Bonchev–Trinajstić information content (AvgIpc) is 1.66. The van der Waals surface area contributed by atoms with E-state index in [-0.39, 0.29) is 0 Å². The maximum absolute atomic E-state index is 5.47. The van der Waals surface area contributed by atoms with Crippen molar-refractivity contribution in [3.05, 3.63) is 0 Å². The van der Waals surface area contributed by atoms with Gasteiger partial charge in [-0.1, -0.05) is 0 Å². The normalized spacial score (nSPS) is 14.9. The molecule has 0 aliphatic heterocycles. The summed E-state index contributed by atoms with van der Waals surface area (Å²) in [7, 11) is 1.78. The summed E-state index contributed by atoms with van der Waals surface area (Å²) >= 11 is 0. The number of rotatable bonds is 3. The van der Waals surface area contributed by atoms with E-state index in [1.165, 1.54) is 0 Å². The van der Waals surface area contributed by atoms with E-state index in [9.17, 15) is 0 Å². The molecule has 0 aromatic heterocycles. The van der Waals surface area contributed by atoms with Crippen LogP contribution >= 0.6 is 0 Å². The Bertz CT molecular complexity index is 66.9. The van der Waals surface area contributed by atoms with Crippen LogP contribution < -0.4 is 5.73 Å². The third-order valence-electron chi connectivity index (χ3n) is 0.934. The lowest BCUT2D eigenvalue weighted by molar-refractivity contribution is 0.691. The minimum Gasteiger partial charge on any atom is -0.328 e. The maximum Gasteiger partial charge on any atom is 0.0273 e. The molecular weight excluding hydrogens is 100 g/mol. The predicted octanol–water partition coefficient (Wildman–Crippen LogP) is 0.814. The van der Waals surface area contributed by atoms with Gasteiger partial charge < -0.3 is 10.7 Å². The number of nitrogens with zero attached hydrogens (tertiary/aromatic N) is 1. The van der Waals surface area contributed by atoms with E-state index >= 15 is 0 Å². The van der Waals surface area contributed by atoms with E-state index in [1.807, 2.05) is 13.1 Å². The summed E-state index contributed by atoms with van der Waals surface area (Å²) in [6.45, 7) is 2.00. The van der Waals surface area contributed by atoms with Crippen LogP contribution in [-0.2, 0) is 0 Å². The molecule has 0 aliphatic rings. The molecule has 0 aliphatic carbocycles. The summed E-state index contributed by atoms with van der Waals surface area (Å²) in [5.74, 6) is 0. The van der Waals surface area contributed by atoms with Gasteiger partial charge >= 0.3 is 0 Å². The van der Waals surface area contributed by atoms with E-state index in [1.54, 1.807) is 7.05 Å². The quantitative estimate of drug-likeness (QED) is 0.542. The molecule has 0 fully saturated rings. The van der Waals surface area contributed by atoms with Crippen molar-refractivity contribution in [1.82, 2.24) is 0 Å². The Morgan fingerprint density at radius 2 is 2.38 bits per heavy atom. The molecule has 2 heteroatoms. The first-order chi connectivity index (χ1) is 3.77. The van der Waals surface area contributed by atoms with Gasteiger partial charge in [-0.3, -0.25) is 0 Å². The Labute approximate surface area is 50.8 Å². The summed E-state index contributed by atoms with van der Waals surface area (Å²) in [6.07, 6.45) is 3.94. The molecule has 0 rings (SSSR count). The van der Waals surface area contributed by atoms with Gasteiger partial charge in [0.25, 0.3) is 0 Å². The van der Waals surface area contributed by atoms with Crippen LogP contribution in [0, 0.1) is 0 Å². The SMILES string of the molecule is C/N=C/CCC(C)N. The monoisotopic (exact) mass is 114 g/mol. The molecule has 0 heterocycles. The van der Waals surface area contributed by atoms with Gasteiger partial charge in [-0.2, -0.15) is 0 Å². The molecule has 1 unspecified atom stereocenters. The molecule has 0 spiro atoms. The van der Waals surface area contributed by atoms with Crippen molar-refractivity contribution >= 4 is 6.21 Å². The van der Waals surface area contributed by atoms with Gasteiger partial charge in [0.1, 0.15) is 0 Å². The number of aliphatic imine (C=N–C) groups is 1. The van der Waals surface area contributed by atoms with Gasteiger partial charge in [0.2, 0.25) is 0 Å². The van der Waals surface area contributed by atoms with Gasteiger partial charge in [-0.05, 0) is 26.0 Å². The van der Waals surface area contributed by atoms with Crippen LogP contribution in [0.3, 0.4) is 0 Å². The first-order valence-corrected chi connectivity index (χ1v) is 2.93. The Balaban J connectivity index is 2.93. The predicted molar refractivity (Wildman–Crippen MR) is 37.3 cm³/mol. The lowest BCUT2D eigenvalue weighted by Crippen LogP contribution is -2.14. The zero-order valence-electron chi connectivity index (χ0n) is 5.59. The number of hydrogen-bond acceptors (Lipinski definition) is 2. The van der Waals surface area contributed by atoms with Crippen LogP contribution in [0.15, 0.2) is 4.99 Å². The standard InChI is InChI=1S/C6H14N2/c1-6(7)4-3-5-8-2/h5-6H,3-4,7H2,1-2H3/b8-5+. The second kappa shape index (κ2) is 4.78. The third kappa shape index (κ3) is 5.63. The van der Waals surface area contributed by atoms with Crippen LogP contribution in [0.2, 0.25) is 0 Å². The molecule has 1 atom stereocenters. The maximum atomic E-state index is 5.47. The highest BCUT2D eigenvalue weighted by molar-refractivity contribution is 5.56. The fourth-order valence-electron chi connectivity index (χ4n) is 0.467. The van der Waals surface area contributed by atoms with Gasteiger partial charge in [0.15, 0.2) is 0 Å². The minimum absolute atomic E-state index is 0.313. The summed E-state index contributed by atoms with van der Waals surface area (Å²) in [4.78, 5) is 3.83. The van der Waals surface area contributed by atoms with Crippen molar-refractivity contribution < 1.29 is 0 Å². The first-order valence-electron chi connectivity index (χ1n) is 2.93. The Morgan fingerprint density at radius 1 is 1.75 bits per heavy atom. The average molecular weight is 114 g/mol. The van der Waals surface area contributed by atoms with Crippen LogP contribution in [-0.4, -0.2) is 19.3 Å². The van der Waals surface area contributed by atoms with Crippen molar-refractivity contribution in [2.75, 3.05) is 7.05 Å². The Morgan fingerprint density at radius 3 is 2.75 bits per heavy atom. The molecule has 0 saturated carbocycles. The Hall–Kier alpha value is -0.370. The fourth-order valence-corrected chi connectivity index (χ4v) is 0.467. The highest BCUT2D eigenvalue weighted by Crippen LogP contribution is 1.88. The van der Waals surface area contributed by atoms with E-state index < -0.39 is 0 Å². The lowest BCUT2D eigenvalue weighted by atomic mass is 10.2. The number of nitrogens with two attached hydrogens (primary N) is 1. The van der Waals surface area contributed by atoms with Crippen LogP contribution in [0.5, 0.6) is 0 Å². The summed E-state index contributed by atoms with van der Waals surface area (Å²) in [6, 6.07) is 0.313. The van der Waals surface area contributed by atoms with Gasteiger partial charge in [-0.15, -0.1) is 0 Å². The van der Waals surface area contributed by atoms with Crippen LogP contribution in [0.4, 0.5) is 0 Å². The molecule has 2 N–H and O–H groups in total. The molecule has 0 saturated heterocycles. The van der Waals surface area contributed by atoms with Gasteiger partial charge in [0, 0.05) is 13.1 Å². The smallest absolute Gasteiger partial charge is 0.0273 e. The second-order valence-corrected chi connectivity index (χ2v) is 2.00. The Kier molecular flexibility index (Phi) is 4.56. The van der Waals surface area contributed by atoms with Crippen molar-refractivity contribution in [3.63, 3.8) is 0 Å². The van der Waals surface area contributed by atoms with E-state index in [2.05, 4.69) is 4.99 Å².